The lowest BCUT2D eigenvalue weighted by Crippen LogP contribution is -2.31. The number of benzene rings is 1. The quantitative estimate of drug-likeness (QED) is 0.725. The molecule has 0 bridgehead atoms. The summed E-state index contributed by atoms with van der Waals surface area (Å²) >= 11 is 1.52. The molecule has 2 aromatic heterocycles. The highest BCUT2D eigenvalue weighted by Crippen LogP contribution is 2.29. The van der Waals surface area contributed by atoms with Crippen LogP contribution >= 0.6 is 11.3 Å². The number of thiophene rings is 1. The van der Waals surface area contributed by atoms with Crippen LogP contribution in [0.15, 0.2) is 36.7 Å². The SMILES string of the molecule is O=C(Cn1cnnn1)NCC(O)c1cc2ccccc2s1. The lowest BCUT2D eigenvalue weighted by Gasteiger charge is -2.09. The van der Waals surface area contributed by atoms with Gasteiger partial charge in [-0.05, 0) is 27.9 Å². The van der Waals surface area contributed by atoms with Gasteiger partial charge in [-0.1, -0.05) is 18.2 Å². The zero-order valence-corrected chi connectivity index (χ0v) is 11.8. The maximum Gasteiger partial charge on any atom is 0.241 e. The van der Waals surface area contributed by atoms with Crippen LogP contribution in [0, 0.1) is 0 Å². The third-order valence-electron chi connectivity index (χ3n) is 2.96. The van der Waals surface area contributed by atoms with Gasteiger partial charge in [0.1, 0.15) is 19.0 Å². The van der Waals surface area contributed by atoms with Gasteiger partial charge in [-0.3, -0.25) is 4.79 Å². The molecule has 108 valence electrons. The second-order valence-corrected chi connectivity index (χ2v) is 5.63. The van der Waals surface area contributed by atoms with Gasteiger partial charge in [0.05, 0.1) is 0 Å². The van der Waals surface area contributed by atoms with Crippen molar-refractivity contribution in [3.63, 3.8) is 0 Å². The van der Waals surface area contributed by atoms with E-state index in [9.17, 15) is 9.90 Å². The van der Waals surface area contributed by atoms with Crippen LogP contribution in [0.25, 0.3) is 10.1 Å². The van der Waals surface area contributed by atoms with Gasteiger partial charge in [0.2, 0.25) is 5.91 Å². The largest absolute Gasteiger partial charge is 0.386 e. The van der Waals surface area contributed by atoms with Crippen LogP contribution in [-0.4, -0.2) is 37.8 Å². The topological polar surface area (TPSA) is 92.9 Å². The Bertz CT molecular complexity index is 707. The highest BCUT2D eigenvalue weighted by Gasteiger charge is 2.13. The molecule has 21 heavy (non-hydrogen) atoms. The Morgan fingerprint density at radius 1 is 1.43 bits per heavy atom. The molecule has 0 fully saturated rings. The Morgan fingerprint density at radius 3 is 3.05 bits per heavy atom. The lowest BCUT2D eigenvalue weighted by atomic mass is 10.2. The molecule has 1 aromatic carbocycles. The van der Waals surface area contributed by atoms with Crippen molar-refractivity contribution in [3.05, 3.63) is 41.5 Å². The summed E-state index contributed by atoms with van der Waals surface area (Å²) < 4.78 is 2.44. The minimum absolute atomic E-state index is 0.0339. The van der Waals surface area contributed by atoms with E-state index in [1.807, 2.05) is 30.3 Å². The summed E-state index contributed by atoms with van der Waals surface area (Å²) in [5.41, 5.74) is 0. The highest BCUT2D eigenvalue weighted by atomic mass is 32.1. The van der Waals surface area contributed by atoms with E-state index in [4.69, 9.17) is 0 Å². The summed E-state index contributed by atoms with van der Waals surface area (Å²) in [6.07, 6.45) is 0.641. The van der Waals surface area contributed by atoms with E-state index in [0.29, 0.717) is 0 Å². The number of nitrogens with one attached hydrogen (secondary N) is 1. The Labute approximate surface area is 124 Å². The van der Waals surface area contributed by atoms with Gasteiger partial charge < -0.3 is 10.4 Å². The molecule has 2 heterocycles. The van der Waals surface area contributed by atoms with Crippen molar-refractivity contribution in [2.75, 3.05) is 6.54 Å². The number of fused-ring (bicyclic) bond motifs is 1. The monoisotopic (exact) mass is 303 g/mol. The highest BCUT2D eigenvalue weighted by molar-refractivity contribution is 7.19. The fraction of sp³-hybridized carbons (Fsp3) is 0.231. The first-order chi connectivity index (χ1) is 10.2. The number of rotatable bonds is 5. The first kappa shape index (κ1) is 13.7. The number of aromatic nitrogens is 4. The second kappa shape index (κ2) is 5.98. The molecule has 0 spiro atoms. The molecule has 1 amide bonds. The molecular weight excluding hydrogens is 290 g/mol. The minimum Gasteiger partial charge on any atom is -0.386 e. The van der Waals surface area contributed by atoms with Gasteiger partial charge in [-0.2, -0.15) is 0 Å². The molecule has 7 nitrogen and oxygen atoms in total. The van der Waals surface area contributed by atoms with E-state index in [2.05, 4.69) is 20.8 Å². The molecule has 0 saturated carbocycles. The Hall–Kier alpha value is -2.32. The number of carbonyl (C=O) groups excluding carboxylic acids is 1. The molecule has 1 unspecified atom stereocenters. The van der Waals surface area contributed by atoms with Crippen LogP contribution in [0.2, 0.25) is 0 Å². The average molecular weight is 303 g/mol. The Morgan fingerprint density at radius 2 is 2.29 bits per heavy atom. The van der Waals surface area contributed by atoms with Gasteiger partial charge in [0.15, 0.2) is 0 Å². The van der Waals surface area contributed by atoms with Crippen LogP contribution in [0.5, 0.6) is 0 Å². The predicted octanol–water partition coefficient (Wildman–Crippen LogP) is 0.738. The Balaban J connectivity index is 1.58. The third kappa shape index (κ3) is 3.23. The predicted molar refractivity (Wildman–Crippen MR) is 77.6 cm³/mol. The molecule has 0 aliphatic carbocycles. The number of aliphatic hydroxyl groups excluding tert-OH is 1. The van der Waals surface area contributed by atoms with Crippen molar-refractivity contribution in [2.45, 2.75) is 12.6 Å². The lowest BCUT2D eigenvalue weighted by molar-refractivity contribution is -0.122. The molecule has 3 rings (SSSR count). The van der Waals surface area contributed by atoms with Gasteiger partial charge in [0, 0.05) is 16.1 Å². The average Bonchev–Trinajstić information content (AvgIpc) is 3.13. The number of amides is 1. The van der Waals surface area contributed by atoms with Crippen molar-refractivity contribution in [1.82, 2.24) is 25.5 Å². The third-order valence-corrected chi connectivity index (χ3v) is 4.18. The minimum atomic E-state index is -0.722. The summed E-state index contributed by atoms with van der Waals surface area (Å²) in [4.78, 5) is 12.5. The first-order valence-corrected chi connectivity index (χ1v) is 7.18. The number of hydrogen-bond acceptors (Lipinski definition) is 6. The zero-order valence-electron chi connectivity index (χ0n) is 11.0. The van der Waals surface area contributed by atoms with E-state index >= 15 is 0 Å². The molecule has 0 aliphatic heterocycles. The van der Waals surface area contributed by atoms with Crippen molar-refractivity contribution in [1.29, 1.82) is 0 Å². The zero-order chi connectivity index (χ0) is 14.7. The molecule has 0 aliphatic rings. The molecule has 1 atom stereocenters. The molecular formula is C13H13N5O2S. The number of nitrogens with zero attached hydrogens (tertiary/aromatic N) is 4. The summed E-state index contributed by atoms with van der Waals surface area (Å²) in [7, 11) is 0. The van der Waals surface area contributed by atoms with Gasteiger partial charge in [-0.15, -0.1) is 16.4 Å². The standard InChI is InChI=1S/C13H13N5O2S/c19-10(6-14-13(20)7-18-8-15-16-17-18)12-5-9-3-1-2-4-11(9)21-12/h1-5,8,10,19H,6-7H2,(H,14,20). The van der Waals surface area contributed by atoms with E-state index in [-0.39, 0.29) is 19.0 Å². The van der Waals surface area contributed by atoms with E-state index < -0.39 is 6.10 Å². The number of carbonyl (C=O) groups is 1. The second-order valence-electron chi connectivity index (χ2n) is 4.51. The van der Waals surface area contributed by atoms with E-state index in [1.54, 1.807) is 0 Å². The normalized spacial score (nSPS) is 12.4. The van der Waals surface area contributed by atoms with Crippen molar-refractivity contribution < 1.29 is 9.90 Å². The van der Waals surface area contributed by atoms with Gasteiger partial charge in [0.25, 0.3) is 0 Å². The van der Waals surface area contributed by atoms with Crippen LogP contribution < -0.4 is 5.32 Å². The van der Waals surface area contributed by atoms with Crippen molar-refractivity contribution in [2.24, 2.45) is 0 Å². The van der Waals surface area contributed by atoms with E-state index in [1.165, 1.54) is 22.3 Å². The molecule has 0 saturated heterocycles. The van der Waals surface area contributed by atoms with E-state index in [0.717, 1.165) is 15.0 Å². The molecule has 2 N–H and O–H groups in total. The van der Waals surface area contributed by atoms with Gasteiger partial charge in [-0.25, -0.2) is 4.68 Å². The number of aliphatic hydroxyl groups is 1. The van der Waals surface area contributed by atoms with Crippen molar-refractivity contribution >= 4 is 27.3 Å². The molecule has 0 radical (unpaired) electrons. The summed E-state index contributed by atoms with van der Waals surface area (Å²) in [6.45, 7) is 0.194. The van der Waals surface area contributed by atoms with Gasteiger partial charge >= 0.3 is 0 Å². The van der Waals surface area contributed by atoms with Crippen LogP contribution in [0.3, 0.4) is 0 Å². The smallest absolute Gasteiger partial charge is 0.241 e. The molecule has 8 heteroatoms. The van der Waals surface area contributed by atoms with Crippen LogP contribution in [0.4, 0.5) is 0 Å². The van der Waals surface area contributed by atoms with Crippen molar-refractivity contribution in [3.8, 4) is 0 Å². The number of hydrogen-bond donors (Lipinski definition) is 2. The van der Waals surface area contributed by atoms with Crippen LogP contribution in [-0.2, 0) is 11.3 Å². The fourth-order valence-electron chi connectivity index (χ4n) is 1.93. The summed E-state index contributed by atoms with van der Waals surface area (Å²) in [5.74, 6) is -0.248. The molecule has 3 aromatic rings. The summed E-state index contributed by atoms with van der Waals surface area (Å²) in [6, 6.07) is 9.87. The van der Waals surface area contributed by atoms with Crippen LogP contribution in [0.1, 0.15) is 11.0 Å². The first-order valence-electron chi connectivity index (χ1n) is 6.36. The fourth-order valence-corrected chi connectivity index (χ4v) is 2.98. The number of tetrazole rings is 1. The Kier molecular flexibility index (Phi) is 3.89. The maximum absolute atomic E-state index is 11.7. The maximum atomic E-state index is 11.7. The summed E-state index contributed by atoms with van der Waals surface area (Å²) in [5, 5.41) is 24.4.